The third-order valence-electron chi connectivity index (χ3n) is 5.18. The van der Waals surface area contributed by atoms with E-state index in [9.17, 15) is 9.59 Å². The molecule has 7 heteroatoms. The fourth-order valence-corrected chi connectivity index (χ4v) is 3.54. The predicted molar refractivity (Wildman–Crippen MR) is 109 cm³/mol. The molecule has 2 heterocycles. The van der Waals surface area contributed by atoms with Gasteiger partial charge in [0.2, 0.25) is 12.0 Å². The normalized spacial score (nSPS) is 18.9. The van der Waals surface area contributed by atoms with Gasteiger partial charge in [0.15, 0.2) is 11.5 Å². The van der Waals surface area contributed by atoms with Crippen molar-refractivity contribution >= 4 is 17.5 Å². The Balaban J connectivity index is 1.20. The zero-order valence-corrected chi connectivity index (χ0v) is 16.3. The molecule has 2 amide bonds. The molecule has 2 aromatic carbocycles. The Hall–Kier alpha value is -3.06. The van der Waals surface area contributed by atoms with Crippen LogP contribution >= 0.6 is 0 Å². The lowest BCUT2D eigenvalue weighted by molar-refractivity contribution is -0.143. The number of anilines is 1. The lowest BCUT2D eigenvalue weighted by Gasteiger charge is -2.37. The fraction of sp³-hybridized carbons (Fsp3) is 0.364. The Morgan fingerprint density at radius 1 is 0.931 bits per heavy atom. The van der Waals surface area contributed by atoms with Crippen molar-refractivity contribution < 1.29 is 19.1 Å². The number of nitrogens with one attached hydrogen (secondary N) is 1. The average molecular weight is 395 g/mol. The molecule has 0 spiro atoms. The summed E-state index contributed by atoms with van der Waals surface area (Å²) in [6.07, 6.45) is -0.174. The molecule has 1 N–H and O–H groups in total. The van der Waals surface area contributed by atoms with Crippen molar-refractivity contribution in [3.05, 3.63) is 54.6 Å². The number of amides is 2. The Morgan fingerprint density at radius 3 is 2.38 bits per heavy atom. The van der Waals surface area contributed by atoms with Gasteiger partial charge in [0.05, 0.1) is 0 Å². The summed E-state index contributed by atoms with van der Waals surface area (Å²) < 4.78 is 11.5. The molecule has 0 radical (unpaired) electrons. The van der Waals surface area contributed by atoms with Gasteiger partial charge >= 0.3 is 0 Å². The van der Waals surface area contributed by atoms with Crippen molar-refractivity contribution in [3.8, 4) is 11.5 Å². The molecule has 1 fully saturated rings. The van der Waals surface area contributed by atoms with Crippen LogP contribution in [0.2, 0.25) is 0 Å². The summed E-state index contributed by atoms with van der Waals surface area (Å²) >= 11 is 0. The maximum absolute atomic E-state index is 12.8. The minimum Gasteiger partial charge on any atom is -0.485 e. The molecule has 2 aliphatic heterocycles. The molecule has 7 nitrogen and oxygen atoms in total. The van der Waals surface area contributed by atoms with E-state index in [-0.39, 0.29) is 18.4 Å². The first-order valence-corrected chi connectivity index (χ1v) is 9.93. The smallest absolute Gasteiger partial charge is 0.267 e. The first-order chi connectivity index (χ1) is 14.2. The molecule has 1 saturated heterocycles. The van der Waals surface area contributed by atoms with Gasteiger partial charge in [-0.1, -0.05) is 30.3 Å². The van der Waals surface area contributed by atoms with Crippen molar-refractivity contribution in [2.75, 3.05) is 44.6 Å². The van der Waals surface area contributed by atoms with Crippen LogP contribution in [0, 0.1) is 0 Å². The number of carbonyl (C=O) groups is 2. The van der Waals surface area contributed by atoms with E-state index in [1.54, 1.807) is 0 Å². The van der Waals surface area contributed by atoms with Crippen LogP contribution in [0.4, 0.5) is 5.69 Å². The standard InChI is InChI=1S/C22H25N3O4/c26-21(23-17-6-2-1-3-7-17)10-11-24-12-14-25(15-13-24)22(27)20-16-28-18-8-4-5-9-19(18)29-20/h1-9,20H,10-16H2,(H,23,26)/t20-/m0/s1. The Bertz CT molecular complexity index is 850. The number of carbonyl (C=O) groups excluding carboxylic acids is 2. The van der Waals surface area contributed by atoms with Gasteiger partial charge in [-0.25, -0.2) is 0 Å². The molecule has 0 saturated carbocycles. The number of rotatable bonds is 5. The summed E-state index contributed by atoms with van der Waals surface area (Å²) in [4.78, 5) is 28.9. The summed E-state index contributed by atoms with van der Waals surface area (Å²) in [5.41, 5.74) is 0.809. The molecule has 29 heavy (non-hydrogen) atoms. The highest BCUT2D eigenvalue weighted by molar-refractivity contribution is 5.90. The zero-order chi connectivity index (χ0) is 20.1. The molecular formula is C22H25N3O4. The van der Waals surface area contributed by atoms with Crippen LogP contribution in [0.5, 0.6) is 11.5 Å². The van der Waals surface area contributed by atoms with E-state index in [0.29, 0.717) is 37.6 Å². The third-order valence-corrected chi connectivity index (χ3v) is 5.18. The van der Waals surface area contributed by atoms with Crippen LogP contribution in [0.25, 0.3) is 0 Å². The first kappa shape index (κ1) is 19.3. The Kier molecular flexibility index (Phi) is 5.95. The second-order valence-corrected chi connectivity index (χ2v) is 7.20. The van der Waals surface area contributed by atoms with E-state index in [2.05, 4.69) is 10.2 Å². The van der Waals surface area contributed by atoms with Crippen LogP contribution in [0.15, 0.2) is 54.6 Å². The van der Waals surface area contributed by atoms with E-state index >= 15 is 0 Å². The number of para-hydroxylation sites is 3. The molecule has 1 atom stereocenters. The molecule has 2 aliphatic rings. The number of fused-ring (bicyclic) bond motifs is 1. The summed E-state index contributed by atoms with van der Waals surface area (Å²) in [5.74, 6) is 1.25. The summed E-state index contributed by atoms with van der Waals surface area (Å²) in [6.45, 7) is 3.65. The van der Waals surface area contributed by atoms with Crippen LogP contribution in [0.1, 0.15) is 6.42 Å². The highest BCUT2D eigenvalue weighted by Gasteiger charge is 2.32. The molecule has 152 valence electrons. The minimum absolute atomic E-state index is 0.00104. The van der Waals surface area contributed by atoms with E-state index in [4.69, 9.17) is 9.47 Å². The number of nitrogens with zero attached hydrogens (tertiary/aromatic N) is 2. The number of hydrogen-bond acceptors (Lipinski definition) is 5. The summed E-state index contributed by atoms with van der Waals surface area (Å²) in [7, 11) is 0. The largest absolute Gasteiger partial charge is 0.485 e. The van der Waals surface area contributed by atoms with Crippen molar-refractivity contribution in [1.29, 1.82) is 0 Å². The van der Waals surface area contributed by atoms with Crippen molar-refractivity contribution in [1.82, 2.24) is 9.80 Å². The van der Waals surface area contributed by atoms with Crippen LogP contribution in [0.3, 0.4) is 0 Å². The van der Waals surface area contributed by atoms with E-state index < -0.39 is 6.10 Å². The molecule has 0 aromatic heterocycles. The zero-order valence-electron chi connectivity index (χ0n) is 16.3. The van der Waals surface area contributed by atoms with Gasteiger partial charge in [-0.3, -0.25) is 14.5 Å². The van der Waals surface area contributed by atoms with Gasteiger partial charge < -0.3 is 19.7 Å². The second kappa shape index (κ2) is 8.96. The SMILES string of the molecule is O=C(CCN1CCN(C(=O)[C@@H]2COc3ccccc3O2)CC1)Nc1ccccc1. The summed E-state index contributed by atoms with van der Waals surface area (Å²) in [6, 6.07) is 16.8. The van der Waals surface area contributed by atoms with E-state index in [1.807, 2.05) is 59.5 Å². The highest BCUT2D eigenvalue weighted by Crippen LogP contribution is 2.31. The Labute approximate surface area is 170 Å². The van der Waals surface area contributed by atoms with Gasteiger partial charge in [0.25, 0.3) is 5.91 Å². The molecule has 0 bridgehead atoms. The fourth-order valence-electron chi connectivity index (χ4n) is 3.54. The number of hydrogen-bond donors (Lipinski definition) is 1. The first-order valence-electron chi connectivity index (χ1n) is 9.93. The van der Waals surface area contributed by atoms with Gasteiger partial charge in [0, 0.05) is 44.8 Å². The van der Waals surface area contributed by atoms with Gasteiger partial charge in [-0.05, 0) is 24.3 Å². The number of piperazine rings is 1. The molecule has 2 aromatic rings. The van der Waals surface area contributed by atoms with Gasteiger partial charge in [-0.2, -0.15) is 0 Å². The van der Waals surface area contributed by atoms with Crippen molar-refractivity contribution in [3.63, 3.8) is 0 Å². The van der Waals surface area contributed by atoms with Gasteiger partial charge in [-0.15, -0.1) is 0 Å². The number of ether oxygens (including phenoxy) is 2. The second-order valence-electron chi connectivity index (χ2n) is 7.20. The minimum atomic E-state index is -0.604. The predicted octanol–water partition coefficient (Wildman–Crippen LogP) is 2.00. The average Bonchev–Trinajstić information content (AvgIpc) is 2.78. The maximum atomic E-state index is 12.8. The monoisotopic (exact) mass is 395 g/mol. The lowest BCUT2D eigenvalue weighted by Crippen LogP contribution is -2.54. The van der Waals surface area contributed by atoms with E-state index in [1.165, 1.54) is 0 Å². The molecular weight excluding hydrogens is 370 g/mol. The van der Waals surface area contributed by atoms with Crippen LogP contribution in [-0.2, 0) is 9.59 Å². The quantitative estimate of drug-likeness (QED) is 0.839. The lowest BCUT2D eigenvalue weighted by atomic mass is 10.2. The molecule has 4 rings (SSSR count). The van der Waals surface area contributed by atoms with Crippen molar-refractivity contribution in [2.45, 2.75) is 12.5 Å². The molecule has 0 aliphatic carbocycles. The maximum Gasteiger partial charge on any atom is 0.267 e. The number of benzene rings is 2. The third kappa shape index (κ3) is 4.86. The van der Waals surface area contributed by atoms with Crippen LogP contribution in [-0.4, -0.2) is 67.0 Å². The van der Waals surface area contributed by atoms with Crippen LogP contribution < -0.4 is 14.8 Å². The topological polar surface area (TPSA) is 71.1 Å². The molecule has 0 unspecified atom stereocenters. The van der Waals surface area contributed by atoms with Crippen molar-refractivity contribution in [2.24, 2.45) is 0 Å². The highest BCUT2D eigenvalue weighted by atomic mass is 16.6. The Morgan fingerprint density at radius 2 is 1.62 bits per heavy atom. The van der Waals surface area contributed by atoms with E-state index in [0.717, 1.165) is 18.8 Å². The van der Waals surface area contributed by atoms with Gasteiger partial charge in [0.1, 0.15) is 6.61 Å². The summed E-state index contributed by atoms with van der Waals surface area (Å²) in [5, 5.41) is 2.90.